The van der Waals surface area contributed by atoms with Gasteiger partial charge in [-0.2, -0.15) is 0 Å². The summed E-state index contributed by atoms with van der Waals surface area (Å²) in [5, 5.41) is 11.4. The largest absolute Gasteiger partial charge is 0.507 e. The van der Waals surface area contributed by atoms with Crippen LogP contribution in [0.3, 0.4) is 0 Å². The summed E-state index contributed by atoms with van der Waals surface area (Å²) in [6.45, 7) is 5.02. The number of aliphatic hydroxyl groups excluding tert-OH is 1. The average Bonchev–Trinajstić information content (AvgIpc) is 3.09. The number of fused-ring (bicyclic) bond motifs is 1. The quantitative estimate of drug-likeness (QED) is 0.248. The summed E-state index contributed by atoms with van der Waals surface area (Å²) in [7, 11) is 0. The molecule has 33 heavy (non-hydrogen) atoms. The van der Waals surface area contributed by atoms with Crippen molar-refractivity contribution < 1.29 is 19.4 Å². The number of carbonyl (C=O) groups excluding carboxylic acids is 2. The first kappa shape index (κ1) is 23.1. The Balaban J connectivity index is 1.80. The maximum absolute atomic E-state index is 13.2. The maximum atomic E-state index is 13.2. The van der Waals surface area contributed by atoms with E-state index in [1.807, 2.05) is 49.4 Å². The number of ether oxygens (including phenoxy) is 1. The van der Waals surface area contributed by atoms with Gasteiger partial charge in [-0.15, -0.1) is 0 Å². The highest BCUT2D eigenvalue weighted by Crippen LogP contribution is 2.41. The summed E-state index contributed by atoms with van der Waals surface area (Å²) in [5.41, 5.74) is 4.07. The highest BCUT2D eigenvalue weighted by atomic mass is 16.5. The van der Waals surface area contributed by atoms with Gasteiger partial charge in [0, 0.05) is 12.1 Å². The number of Topliss-reactive ketones (excluding diaryl/α,β-unsaturated/α-hetero) is 1. The van der Waals surface area contributed by atoms with Crippen LogP contribution in [0.4, 0.5) is 0 Å². The number of carbonyl (C=O) groups is 2. The maximum Gasteiger partial charge on any atom is 0.295 e. The van der Waals surface area contributed by atoms with Gasteiger partial charge in [-0.25, -0.2) is 0 Å². The molecule has 174 valence electrons. The summed E-state index contributed by atoms with van der Waals surface area (Å²) < 4.78 is 5.67. The van der Waals surface area contributed by atoms with Crippen molar-refractivity contribution in [2.75, 3.05) is 13.2 Å². The molecule has 0 radical (unpaired) electrons. The molecule has 2 aliphatic rings. The molecular weight excluding hydrogens is 414 g/mol. The van der Waals surface area contributed by atoms with Crippen LogP contribution in [0.5, 0.6) is 5.75 Å². The molecule has 0 aromatic heterocycles. The van der Waals surface area contributed by atoms with Crippen molar-refractivity contribution in [1.82, 2.24) is 4.90 Å². The molecule has 1 aliphatic carbocycles. The minimum Gasteiger partial charge on any atom is -0.507 e. The van der Waals surface area contributed by atoms with Crippen molar-refractivity contribution in [3.05, 3.63) is 70.3 Å². The fraction of sp³-hybridized carbons (Fsp3) is 0.429. The second-order valence-electron chi connectivity index (χ2n) is 8.90. The Bertz CT molecular complexity index is 1070. The van der Waals surface area contributed by atoms with Gasteiger partial charge in [-0.1, -0.05) is 44.0 Å². The van der Waals surface area contributed by atoms with Gasteiger partial charge < -0.3 is 14.7 Å². The van der Waals surface area contributed by atoms with Crippen molar-refractivity contribution in [3.63, 3.8) is 0 Å². The van der Waals surface area contributed by atoms with Crippen molar-refractivity contribution in [2.45, 2.75) is 64.8 Å². The summed E-state index contributed by atoms with van der Waals surface area (Å²) in [5.74, 6) is -0.569. The molecule has 5 nitrogen and oxygen atoms in total. The first-order chi connectivity index (χ1) is 16.0. The number of rotatable bonds is 8. The van der Waals surface area contributed by atoms with E-state index in [1.165, 1.54) is 17.5 Å². The molecule has 1 saturated heterocycles. The first-order valence-electron chi connectivity index (χ1n) is 12.2. The minimum absolute atomic E-state index is 0.0912. The molecule has 0 bridgehead atoms. The van der Waals surface area contributed by atoms with E-state index in [0.717, 1.165) is 44.1 Å². The molecule has 2 aromatic carbocycles. The van der Waals surface area contributed by atoms with E-state index in [2.05, 4.69) is 6.92 Å². The second-order valence-corrected chi connectivity index (χ2v) is 8.90. The summed E-state index contributed by atoms with van der Waals surface area (Å²) in [4.78, 5) is 27.9. The number of unbranched alkanes of at least 4 members (excludes halogenated alkanes) is 2. The van der Waals surface area contributed by atoms with Gasteiger partial charge in [-0.05, 0) is 73.9 Å². The number of amides is 1. The third kappa shape index (κ3) is 4.68. The highest BCUT2D eigenvalue weighted by Gasteiger charge is 2.45. The molecule has 0 saturated carbocycles. The van der Waals surface area contributed by atoms with E-state index in [0.29, 0.717) is 24.5 Å². The molecule has 1 fully saturated rings. The van der Waals surface area contributed by atoms with Crippen molar-refractivity contribution >= 4 is 17.4 Å². The van der Waals surface area contributed by atoms with Gasteiger partial charge in [-0.3, -0.25) is 9.59 Å². The van der Waals surface area contributed by atoms with E-state index in [9.17, 15) is 14.7 Å². The number of benzene rings is 2. The van der Waals surface area contributed by atoms with Gasteiger partial charge in [0.2, 0.25) is 0 Å². The monoisotopic (exact) mass is 447 g/mol. The summed E-state index contributed by atoms with van der Waals surface area (Å²) in [6.07, 6.45) is 7.12. The zero-order valence-corrected chi connectivity index (χ0v) is 19.6. The predicted molar refractivity (Wildman–Crippen MR) is 129 cm³/mol. The molecule has 1 atom stereocenters. The lowest BCUT2D eigenvalue weighted by Crippen LogP contribution is -2.30. The van der Waals surface area contributed by atoms with Gasteiger partial charge in [0.25, 0.3) is 11.7 Å². The molecule has 1 amide bonds. The summed E-state index contributed by atoms with van der Waals surface area (Å²) in [6, 6.07) is 12.8. The van der Waals surface area contributed by atoms with Crippen LogP contribution in [0.1, 0.15) is 74.2 Å². The molecule has 1 aliphatic heterocycles. The number of aryl methyl sites for hydroxylation is 2. The minimum atomic E-state index is -0.627. The zero-order chi connectivity index (χ0) is 23.4. The van der Waals surface area contributed by atoms with E-state index in [-0.39, 0.29) is 11.3 Å². The van der Waals surface area contributed by atoms with Crippen molar-refractivity contribution in [1.29, 1.82) is 0 Å². The van der Waals surface area contributed by atoms with Gasteiger partial charge >= 0.3 is 0 Å². The molecule has 1 heterocycles. The average molecular weight is 448 g/mol. The molecule has 2 aromatic rings. The number of nitrogens with zero attached hydrogens (tertiary/aromatic N) is 1. The smallest absolute Gasteiger partial charge is 0.295 e. The number of hydrogen-bond donors (Lipinski definition) is 1. The van der Waals surface area contributed by atoms with Crippen LogP contribution in [-0.2, 0) is 22.4 Å². The van der Waals surface area contributed by atoms with Crippen molar-refractivity contribution in [3.8, 4) is 5.75 Å². The molecule has 0 spiro atoms. The number of hydrogen-bond acceptors (Lipinski definition) is 4. The van der Waals surface area contributed by atoms with Crippen LogP contribution in [0, 0.1) is 0 Å². The first-order valence-corrected chi connectivity index (χ1v) is 12.2. The Morgan fingerprint density at radius 1 is 1.03 bits per heavy atom. The molecular formula is C28H33NO4. The van der Waals surface area contributed by atoms with Crippen LogP contribution in [0.2, 0.25) is 0 Å². The van der Waals surface area contributed by atoms with Crippen LogP contribution >= 0.6 is 0 Å². The van der Waals surface area contributed by atoms with Crippen LogP contribution < -0.4 is 4.74 Å². The molecule has 5 heteroatoms. The van der Waals surface area contributed by atoms with Crippen LogP contribution in [0.15, 0.2) is 48.0 Å². The Kier molecular flexibility index (Phi) is 7.17. The SMILES string of the molecule is CCCCCN1C(=O)C(=O)/C(=C(\O)c2ccc3c(c2)CCCC3)C1c1cccc(OCC)c1. The number of aliphatic hydroxyl groups is 1. The topological polar surface area (TPSA) is 66.8 Å². The number of ketones is 1. The van der Waals surface area contributed by atoms with Crippen LogP contribution in [0.25, 0.3) is 5.76 Å². The Labute approximate surface area is 196 Å². The molecule has 4 rings (SSSR count). The third-order valence-corrected chi connectivity index (χ3v) is 6.65. The van der Waals surface area contributed by atoms with Crippen LogP contribution in [-0.4, -0.2) is 34.8 Å². The van der Waals surface area contributed by atoms with E-state index in [4.69, 9.17) is 4.74 Å². The van der Waals surface area contributed by atoms with E-state index in [1.54, 1.807) is 4.90 Å². The van der Waals surface area contributed by atoms with Gasteiger partial charge in [0.05, 0.1) is 18.2 Å². The number of likely N-dealkylation sites (tertiary alicyclic amines) is 1. The molecule has 1 unspecified atom stereocenters. The standard InChI is InChI=1S/C28H33NO4/c1-3-5-8-16-29-25(21-12-9-13-23(18-21)33-4-2)24(27(31)28(29)32)26(30)22-15-14-19-10-6-7-11-20(19)17-22/h9,12-15,17-18,25,30H,3-8,10-11,16H2,1-2H3/b26-24-. The summed E-state index contributed by atoms with van der Waals surface area (Å²) >= 11 is 0. The lowest BCUT2D eigenvalue weighted by atomic mass is 9.88. The predicted octanol–water partition coefficient (Wildman–Crippen LogP) is 5.58. The second kappa shape index (κ2) is 10.2. The zero-order valence-electron chi connectivity index (χ0n) is 19.6. The van der Waals surface area contributed by atoms with Crippen molar-refractivity contribution in [2.24, 2.45) is 0 Å². The Morgan fingerprint density at radius 2 is 1.82 bits per heavy atom. The Morgan fingerprint density at radius 3 is 2.58 bits per heavy atom. The molecule has 1 N–H and O–H groups in total. The highest BCUT2D eigenvalue weighted by molar-refractivity contribution is 6.46. The van der Waals surface area contributed by atoms with Gasteiger partial charge in [0.1, 0.15) is 11.5 Å². The third-order valence-electron chi connectivity index (χ3n) is 6.65. The lowest BCUT2D eigenvalue weighted by Gasteiger charge is -2.26. The van der Waals surface area contributed by atoms with Gasteiger partial charge in [0.15, 0.2) is 0 Å². The van der Waals surface area contributed by atoms with E-state index < -0.39 is 17.7 Å². The lowest BCUT2D eigenvalue weighted by molar-refractivity contribution is -0.139. The fourth-order valence-electron chi connectivity index (χ4n) is 4.97. The normalized spacial score (nSPS) is 19.6. The van der Waals surface area contributed by atoms with E-state index >= 15 is 0 Å². The Hall–Kier alpha value is -3.08. The fourth-order valence-corrected chi connectivity index (χ4v) is 4.97.